The Hall–Kier alpha value is -2.26. The normalized spacial score (nSPS) is 22.4. The predicted molar refractivity (Wildman–Crippen MR) is 85.1 cm³/mol. The number of aromatic nitrogens is 3. The van der Waals surface area contributed by atoms with E-state index in [0.29, 0.717) is 12.8 Å². The molecule has 3 rings (SSSR count). The molecule has 134 valence electrons. The second kappa shape index (κ2) is 7.32. The molecule has 2 N–H and O–H groups in total. The molecule has 11 heteroatoms. The molecule has 1 fully saturated rings. The first kappa shape index (κ1) is 17.6. The number of hydrogen-bond donors (Lipinski definition) is 2. The van der Waals surface area contributed by atoms with Gasteiger partial charge in [-0.1, -0.05) is 0 Å². The molecule has 0 spiro atoms. The van der Waals surface area contributed by atoms with Gasteiger partial charge in [0.25, 0.3) is 5.56 Å². The van der Waals surface area contributed by atoms with Gasteiger partial charge in [-0.3, -0.25) is 28.7 Å². The van der Waals surface area contributed by atoms with E-state index in [9.17, 15) is 19.0 Å². The molecule has 25 heavy (non-hydrogen) atoms. The molecule has 3 atom stereocenters. The molecule has 0 radical (unpaired) electrons. The first-order valence-electron chi connectivity index (χ1n) is 7.47. The van der Waals surface area contributed by atoms with E-state index in [1.807, 2.05) is 0 Å². The van der Waals surface area contributed by atoms with E-state index >= 15 is 0 Å². The summed E-state index contributed by atoms with van der Waals surface area (Å²) in [5.74, 6) is 0.110. The van der Waals surface area contributed by atoms with Crippen molar-refractivity contribution in [2.45, 2.75) is 25.2 Å². The van der Waals surface area contributed by atoms with E-state index in [4.69, 9.17) is 13.8 Å². The van der Waals surface area contributed by atoms with Gasteiger partial charge in [-0.05, 0) is 25.0 Å². The Morgan fingerprint density at radius 3 is 2.96 bits per heavy atom. The van der Waals surface area contributed by atoms with Gasteiger partial charge in [0.15, 0.2) is 0 Å². The second-order valence-electron chi connectivity index (χ2n) is 5.35. The molecule has 2 aromatic rings. The summed E-state index contributed by atoms with van der Waals surface area (Å²) in [6.07, 6.45) is 4.09. The number of nitrogens with one attached hydrogen (secondary N) is 1. The zero-order valence-corrected chi connectivity index (χ0v) is 13.9. The number of hydrogen-bond acceptors (Lipinski definition) is 7. The largest absolute Gasteiger partial charge is 0.527 e. The van der Waals surface area contributed by atoms with Crippen LogP contribution in [0, 0.1) is 0 Å². The molecule has 1 unspecified atom stereocenters. The summed E-state index contributed by atoms with van der Waals surface area (Å²) in [6, 6.07) is 4.25. The lowest BCUT2D eigenvalue weighted by Gasteiger charge is -2.17. The van der Waals surface area contributed by atoms with E-state index in [2.05, 4.69) is 9.97 Å². The van der Waals surface area contributed by atoms with E-state index in [1.165, 1.54) is 35.3 Å². The number of aromatic amines is 1. The molecule has 0 aromatic carbocycles. The Kier molecular flexibility index (Phi) is 5.14. The molecule has 0 amide bonds. The highest BCUT2D eigenvalue weighted by Crippen LogP contribution is 2.44. The predicted octanol–water partition coefficient (Wildman–Crippen LogP) is 0.805. The van der Waals surface area contributed by atoms with Gasteiger partial charge in [-0.25, -0.2) is 9.36 Å². The molecule has 10 nitrogen and oxygen atoms in total. The van der Waals surface area contributed by atoms with Crippen molar-refractivity contribution in [2.75, 3.05) is 6.61 Å². The maximum Gasteiger partial charge on any atom is 0.527 e. The lowest BCUT2D eigenvalue weighted by Crippen LogP contribution is -2.31. The summed E-state index contributed by atoms with van der Waals surface area (Å²) < 4.78 is 28.6. The zero-order valence-electron chi connectivity index (χ0n) is 13.0. The van der Waals surface area contributed by atoms with E-state index in [1.54, 1.807) is 6.07 Å². The van der Waals surface area contributed by atoms with Gasteiger partial charge in [0.2, 0.25) is 0 Å². The van der Waals surface area contributed by atoms with Gasteiger partial charge in [0, 0.05) is 18.5 Å². The molecule has 1 saturated heterocycles. The van der Waals surface area contributed by atoms with Crippen molar-refractivity contribution < 1.29 is 23.2 Å². The topological polar surface area (TPSA) is 133 Å². The van der Waals surface area contributed by atoms with Crippen molar-refractivity contribution in [3.8, 4) is 5.75 Å². The van der Waals surface area contributed by atoms with E-state index in [0.717, 1.165) is 0 Å². The third-order valence-electron chi connectivity index (χ3n) is 3.53. The monoisotopic (exact) mass is 369 g/mol. The number of nitrogens with zero attached hydrogens (tertiary/aromatic N) is 2. The van der Waals surface area contributed by atoms with Gasteiger partial charge in [-0.15, -0.1) is 0 Å². The van der Waals surface area contributed by atoms with Crippen LogP contribution < -0.4 is 15.8 Å². The third-order valence-corrected chi connectivity index (χ3v) is 4.44. The fraction of sp³-hybridized carbons (Fsp3) is 0.357. The first-order chi connectivity index (χ1) is 11.9. The number of phosphoric acid groups is 1. The number of pyridine rings is 1. The highest BCUT2D eigenvalue weighted by molar-refractivity contribution is 7.47. The summed E-state index contributed by atoms with van der Waals surface area (Å²) in [4.78, 5) is 38.4. The average Bonchev–Trinajstić information content (AvgIpc) is 3.02. The smallest absolute Gasteiger partial charge is 0.402 e. The Morgan fingerprint density at radius 1 is 1.40 bits per heavy atom. The third kappa shape index (κ3) is 4.64. The quantitative estimate of drug-likeness (QED) is 0.715. The van der Waals surface area contributed by atoms with Gasteiger partial charge >= 0.3 is 13.5 Å². The average molecular weight is 369 g/mol. The minimum absolute atomic E-state index is 0.110. The fourth-order valence-electron chi connectivity index (χ4n) is 2.41. The molecule has 1 aliphatic heterocycles. The summed E-state index contributed by atoms with van der Waals surface area (Å²) in [6.45, 7) is -0.178. The summed E-state index contributed by atoms with van der Waals surface area (Å²) in [5, 5.41) is 0. The van der Waals surface area contributed by atoms with Crippen LogP contribution in [0.4, 0.5) is 0 Å². The SMILES string of the molecule is O=c1ccn([C@H]2CC[C@@H](COP(=O)(O)Oc3cccnc3)O2)c(=O)[nH]1. The molecule has 0 saturated carbocycles. The van der Waals surface area contributed by atoms with Crippen LogP contribution >= 0.6 is 7.82 Å². The number of ether oxygens (including phenoxy) is 1. The molecule has 0 bridgehead atoms. The fourth-order valence-corrected chi connectivity index (χ4v) is 3.19. The van der Waals surface area contributed by atoms with E-state index < -0.39 is 31.4 Å². The van der Waals surface area contributed by atoms with Crippen molar-refractivity contribution in [3.63, 3.8) is 0 Å². The van der Waals surface area contributed by atoms with Crippen molar-refractivity contribution in [1.29, 1.82) is 0 Å². The first-order valence-corrected chi connectivity index (χ1v) is 8.96. The van der Waals surface area contributed by atoms with Crippen molar-refractivity contribution >= 4 is 7.82 Å². The Morgan fingerprint density at radius 2 is 2.24 bits per heavy atom. The number of phosphoric ester groups is 1. The van der Waals surface area contributed by atoms with Crippen LogP contribution in [0.5, 0.6) is 5.75 Å². The van der Waals surface area contributed by atoms with Crippen LogP contribution in [0.25, 0.3) is 0 Å². The number of H-pyrrole nitrogens is 1. The van der Waals surface area contributed by atoms with Crippen molar-refractivity contribution in [2.24, 2.45) is 0 Å². The van der Waals surface area contributed by atoms with Crippen molar-refractivity contribution in [3.05, 3.63) is 57.6 Å². The lowest BCUT2D eigenvalue weighted by molar-refractivity contribution is -0.0239. The Labute approximate surface area is 141 Å². The standard InChI is InChI=1S/C14H16N3O7P/c18-12-5-7-17(14(19)16-12)13-4-3-11(23-13)9-22-25(20,21)24-10-2-1-6-15-8-10/h1-2,5-8,11,13H,3-4,9H2,(H,20,21)(H,16,18,19)/t11-,13+/m0/s1. The zero-order chi connectivity index (χ0) is 17.9. The van der Waals surface area contributed by atoms with Gasteiger partial charge in [0.1, 0.15) is 12.0 Å². The highest BCUT2D eigenvalue weighted by atomic mass is 31.2. The molecule has 1 aliphatic rings. The van der Waals surface area contributed by atoms with Gasteiger partial charge in [0.05, 0.1) is 18.9 Å². The Balaban J connectivity index is 1.55. The highest BCUT2D eigenvalue weighted by Gasteiger charge is 2.31. The van der Waals surface area contributed by atoms with E-state index in [-0.39, 0.29) is 12.4 Å². The van der Waals surface area contributed by atoms with Crippen LogP contribution in [0.3, 0.4) is 0 Å². The molecular weight excluding hydrogens is 353 g/mol. The van der Waals surface area contributed by atoms with Crippen LogP contribution in [0.1, 0.15) is 19.1 Å². The lowest BCUT2D eigenvalue weighted by atomic mass is 10.2. The molecule has 0 aliphatic carbocycles. The van der Waals surface area contributed by atoms with Crippen LogP contribution in [-0.2, 0) is 13.8 Å². The Bertz CT molecular complexity index is 882. The van der Waals surface area contributed by atoms with Gasteiger partial charge in [-0.2, -0.15) is 0 Å². The summed E-state index contributed by atoms with van der Waals surface area (Å²) in [7, 11) is -4.31. The van der Waals surface area contributed by atoms with Crippen molar-refractivity contribution in [1.82, 2.24) is 14.5 Å². The van der Waals surface area contributed by atoms with Gasteiger partial charge < -0.3 is 9.26 Å². The molecule has 3 heterocycles. The minimum atomic E-state index is -4.31. The number of rotatable bonds is 6. The molecule has 2 aromatic heterocycles. The second-order valence-corrected chi connectivity index (χ2v) is 6.73. The summed E-state index contributed by atoms with van der Waals surface area (Å²) >= 11 is 0. The summed E-state index contributed by atoms with van der Waals surface area (Å²) in [5.41, 5.74) is -1.07. The molecular formula is C14H16N3O7P. The minimum Gasteiger partial charge on any atom is -0.402 e. The van der Waals surface area contributed by atoms with Crippen LogP contribution in [-0.4, -0.2) is 32.1 Å². The maximum absolute atomic E-state index is 11.9. The van der Waals surface area contributed by atoms with Crippen LogP contribution in [0.15, 0.2) is 46.4 Å². The van der Waals surface area contributed by atoms with Crippen LogP contribution in [0.2, 0.25) is 0 Å². The maximum atomic E-state index is 11.9.